The van der Waals surface area contributed by atoms with Crippen molar-refractivity contribution in [2.75, 3.05) is 44.7 Å². The molecule has 5 nitrogen and oxygen atoms in total. The van der Waals surface area contributed by atoms with Crippen LogP contribution in [-0.4, -0.2) is 54.3 Å². The van der Waals surface area contributed by atoms with Gasteiger partial charge in [-0.25, -0.2) is 4.98 Å². The van der Waals surface area contributed by atoms with Gasteiger partial charge in [-0.2, -0.15) is 0 Å². The summed E-state index contributed by atoms with van der Waals surface area (Å²) in [5, 5.41) is 3.34. The van der Waals surface area contributed by atoms with E-state index < -0.39 is 0 Å². The fourth-order valence-corrected chi connectivity index (χ4v) is 2.39. The second kappa shape index (κ2) is 7.52. The van der Waals surface area contributed by atoms with Crippen LogP contribution in [0.1, 0.15) is 17.7 Å². The summed E-state index contributed by atoms with van der Waals surface area (Å²) in [5.41, 5.74) is 7.49. The van der Waals surface area contributed by atoms with Crippen molar-refractivity contribution in [1.82, 2.24) is 9.88 Å². The first kappa shape index (κ1) is 15.2. The third-order valence-corrected chi connectivity index (χ3v) is 3.57. The molecule has 1 aromatic rings. The lowest BCUT2D eigenvalue weighted by Gasteiger charge is -2.26. The highest BCUT2D eigenvalue weighted by Crippen LogP contribution is 2.13. The number of nitrogens with zero attached hydrogens (tertiary/aromatic N) is 2. The maximum absolute atomic E-state index is 5.72. The van der Waals surface area contributed by atoms with Crippen LogP contribution in [0.4, 0.5) is 5.82 Å². The third kappa shape index (κ3) is 4.40. The fraction of sp³-hybridized carbons (Fsp3) is 0.571. The molecule has 0 amide bonds. The van der Waals surface area contributed by atoms with E-state index in [1.165, 1.54) is 0 Å². The number of hydrogen-bond donors (Lipinski definition) is 2. The number of morpholine rings is 1. The number of anilines is 1. The number of nitrogens with two attached hydrogens (primary N) is 1. The molecule has 110 valence electrons. The number of rotatable bonds is 6. The van der Waals surface area contributed by atoms with E-state index in [0.717, 1.165) is 62.9 Å². The summed E-state index contributed by atoms with van der Waals surface area (Å²) in [4.78, 5) is 7.27. The Hall–Kier alpha value is -1.24. The molecular weight excluding hydrogens is 272 g/mol. The Labute approximate surface area is 125 Å². The molecule has 1 saturated heterocycles. The van der Waals surface area contributed by atoms with Crippen LogP contribution in [0.2, 0.25) is 0 Å². The van der Waals surface area contributed by atoms with Crippen LogP contribution in [0.25, 0.3) is 0 Å². The number of pyridine rings is 1. The van der Waals surface area contributed by atoms with Crippen LogP contribution in [-0.2, 0) is 4.74 Å². The Balaban J connectivity index is 1.81. The van der Waals surface area contributed by atoms with E-state index in [1.54, 1.807) is 0 Å². The van der Waals surface area contributed by atoms with Gasteiger partial charge in [-0.15, -0.1) is 0 Å². The number of ether oxygens (including phenoxy) is 1. The first-order valence-electron chi connectivity index (χ1n) is 6.98. The Morgan fingerprint density at radius 3 is 2.90 bits per heavy atom. The second-order valence-electron chi connectivity index (χ2n) is 4.95. The second-order valence-corrected chi connectivity index (χ2v) is 5.39. The normalized spacial score (nSPS) is 16.1. The number of aromatic nitrogens is 1. The van der Waals surface area contributed by atoms with E-state index in [4.69, 9.17) is 22.7 Å². The summed E-state index contributed by atoms with van der Waals surface area (Å²) < 4.78 is 5.34. The van der Waals surface area contributed by atoms with Gasteiger partial charge in [-0.3, -0.25) is 4.90 Å². The molecule has 1 fully saturated rings. The molecule has 0 radical (unpaired) electrons. The zero-order valence-corrected chi connectivity index (χ0v) is 12.7. The highest BCUT2D eigenvalue weighted by Gasteiger charge is 2.10. The molecule has 3 N–H and O–H groups in total. The molecule has 0 unspecified atom stereocenters. The largest absolute Gasteiger partial charge is 0.389 e. The number of nitrogens with one attached hydrogen (secondary N) is 1. The van der Waals surface area contributed by atoms with Crippen molar-refractivity contribution >= 4 is 23.0 Å². The van der Waals surface area contributed by atoms with Gasteiger partial charge in [0.15, 0.2) is 0 Å². The molecular formula is C14H22N4OS. The molecule has 0 aliphatic carbocycles. The van der Waals surface area contributed by atoms with E-state index in [-0.39, 0.29) is 0 Å². The molecule has 2 rings (SSSR count). The summed E-state index contributed by atoms with van der Waals surface area (Å²) in [5.74, 6) is 0.791. The number of thiocarbonyl (C=S) groups is 1. The van der Waals surface area contributed by atoms with Crippen LogP contribution >= 0.6 is 12.2 Å². The summed E-state index contributed by atoms with van der Waals surface area (Å²) in [6.07, 6.45) is 1.06. The predicted octanol–water partition coefficient (Wildman–Crippen LogP) is 1.16. The van der Waals surface area contributed by atoms with Crippen molar-refractivity contribution in [3.63, 3.8) is 0 Å². The lowest BCUT2D eigenvalue weighted by Crippen LogP contribution is -2.37. The van der Waals surface area contributed by atoms with Crippen LogP contribution in [0.3, 0.4) is 0 Å². The summed E-state index contributed by atoms with van der Waals surface area (Å²) in [6.45, 7) is 7.65. The molecule has 20 heavy (non-hydrogen) atoms. The Morgan fingerprint density at radius 1 is 1.45 bits per heavy atom. The van der Waals surface area contributed by atoms with Crippen LogP contribution < -0.4 is 11.1 Å². The lowest BCUT2D eigenvalue weighted by atomic mass is 10.2. The maximum Gasteiger partial charge on any atom is 0.136 e. The van der Waals surface area contributed by atoms with Crippen molar-refractivity contribution in [3.8, 4) is 0 Å². The number of hydrogen-bond acceptors (Lipinski definition) is 5. The summed E-state index contributed by atoms with van der Waals surface area (Å²) in [7, 11) is 0. The molecule has 1 aliphatic heterocycles. The summed E-state index contributed by atoms with van der Waals surface area (Å²) in [6, 6.07) is 3.85. The minimum atomic E-state index is 0.383. The van der Waals surface area contributed by atoms with Gasteiger partial charge in [0, 0.05) is 25.3 Å². The van der Waals surface area contributed by atoms with Crippen molar-refractivity contribution < 1.29 is 4.74 Å². The van der Waals surface area contributed by atoms with Gasteiger partial charge >= 0.3 is 0 Å². The Bertz CT molecular complexity index is 460. The first-order chi connectivity index (χ1) is 9.66. The van der Waals surface area contributed by atoms with E-state index in [0.29, 0.717) is 4.99 Å². The van der Waals surface area contributed by atoms with Crippen LogP contribution in [0, 0.1) is 6.92 Å². The van der Waals surface area contributed by atoms with E-state index in [2.05, 4.69) is 15.2 Å². The van der Waals surface area contributed by atoms with Gasteiger partial charge in [0.2, 0.25) is 0 Å². The molecule has 0 bridgehead atoms. The SMILES string of the molecule is Cc1ccc(C(N)=S)c(NCCCN2CCOCC2)n1. The minimum Gasteiger partial charge on any atom is -0.389 e. The van der Waals surface area contributed by atoms with Crippen LogP contribution in [0.5, 0.6) is 0 Å². The monoisotopic (exact) mass is 294 g/mol. The van der Waals surface area contributed by atoms with E-state index >= 15 is 0 Å². The van der Waals surface area contributed by atoms with Gasteiger partial charge in [-0.05, 0) is 32.0 Å². The zero-order valence-electron chi connectivity index (χ0n) is 11.9. The minimum absolute atomic E-state index is 0.383. The van der Waals surface area contributed by atoms with Crippen molar-refractivity contribution in [1.29, 1.82) is 0 Å². The highest BCUT2D eigenvalue weighted by molar-refractivity contribution is 7.80. The fourth-order valence-electron chi connectivity index (χ4n) is 2.22. The molecule has 1 aromatic heterocycles. The van der Waals surface area contributed by atoms with Crippen molar-refractivity contribution in [2.24, 2.45) is 5.73 Å². The average molecular weight is 294 g/mol. The predicted molar refractivity (Wildman–Crippen MR) is 85.2 cm³/mol. The maximum atomic E-state index is 5.72. The standard InChI is InChI=1S/C14H22N4OS/c1-11-3-4-12(13(15)20)14(17-11)16-5-2-6-18-7-9-19-10-8-18/h3-4H,2,5-10H2,1H3,(H2,15,20)(H,16,17). The lowest BCUT2D eigenvalue weighted by molar-refractivity contribution is 0.0378. The van der Waals surface area contributed by atoms with Gasteiger partial charge in [0.25, 0.3) is 0 Å². The topological polar surface area (TPSA) is 63.4 Å². The molecule has 0 aromatic carbocycles. The average Bonchev–Trinajstić information content (AvgIpc) is 2.44. The Morgan fingerprint density at radius 2 is 2.20 bits per heavy atom. The first-order valence-corrected chi connectivity index (χ1v) is 7.39. The zero-order chi connectivity index (χ0) is 14.4. The molecule has 0 atom stereocenters. The van der Waals surface area contributed by atoms with Crippen molar-refractivity contribution in [3.05, 3.63) is 23.4 Å². The van der Waals surface area contributed by atoms with Gasteiger partial charge in [0.1, 0.15) is 10.8 Å². The smallest absolute Gasteiger partial charge is 0.136 e. The Kier molecular flexibility index (Phi) is 5.70. The highest BCUT2D eigenvalue weighted by atomic mass is 32.1. The van der Waals surface area contributed by atoms with Crippen LogP contribution in [0.15, 0.2) is 12.1 Å². The molecule has 2 heterocycles. The molecule has 6 heteroatoms. The van der Waals surface area contributed by atoms with Gasteiger partial charge in [0.05, 0.1) is 18.8 Å². The quantitative estimate of drug-likeness (QED) is 0.606. The molecule has 0 spiro atoms. The molecule has 1 aliphatic rings. The van der Waals surface area contributed by atoms with Gasteiger partial charge < -0.3 is 15.8 Å². The molecule has 0 saturated carbocycles. The van der Waals surface area contributed by atoms with Crippen molar-refractivity contribution in [2.45, 2.75) is 13.3 Å². The third-order valence-electron chi connectivity index (χ3n) is 3.35. The van der Waals surface area contributed by atoms with E-state index in [9.17, 15) is 0 Å². The van der Waals surface area contributed by atoms with E-state index in [1.807, 2.05) is 19.1 Å². The number of aryl methyl sites for hydroxylation is 1. The van der Waals surface area contributed by atoms with Gasteiger partial charge in [-0.1, -0.05) is 12.2 Å². The summed E-state index contributed by atoms with van der Waals surface area (Å²) >= 11 is 5.05.